The summed E-state index contributed by atoms with van der Waals surface area (Å²) in [4.78, 5) is 0. The maximum atomic E-state index is 4.20. The summed E-state index contributed by atoms with van der Waals surface area (Å²) in [5, 5.41) is 0. The molecule has 0 saturated carbocycles. The monoisotopic (exact) mass is 252 g/mol. The van der Waals surface area contributed by atoms with Gasteiger partial charge in [-0.2, -0.15) is 0 Å². The van der Waals surface area contributed by atoms with Gasteiger partial charge in [0.25, 0.3) is 0 Å². The summed E-state index contributed by atoms with van der Waals surface area (Å²) in [6.07, 6.45) is 0. The molecule has 0 aromatic heterocycles. The van der Waals surface area contributed by atoms with Crippen LogP contribution in [0.3, 0.4) is 0 Å². The molecule has 0 heterocycles. The van der Waals surface area contributed by atoms with Crippen LogP contribution in [0.5, 0.6) is 0 Å². The topological polar surface area (TPSA) is 0 Å². The first kappa shape index (κ1) is 17.7. The predicted molar refractivity (Wildman–Crippen MR) is 84.6 cm³/mol. The Morgan fingerprint density at radius 2 is 1.06 bits per heavy atom. The third kappa shape index (κ3) is 4.44. The van der Waals surface area contributed by atoms with E-state index < -0.39 is 0 Å². The number of hydrogen-bond donors (Lipinski definition) is 0. The molecule has 0 bridgehead atoms. The smallest absolute Gasteiger partial charge is 0.0203 e. The third-order valence-corrected chi connectivity index (χ3v) is 5.50. The molecule has 0 aromatic rings. The Labute approximate surface area is 116 Å². The van der Waals surface area contributed by atoms with Crippen molar-refractivity contribution in [3.8, 4) is 0 Å². The number of rotatable bonds is 7. The first-order valence-corrected chi connectivity index (χ1v) is 7.76. The Morgan fingerprint density at radius 3 is 1.33 bits per heavy atom. The SMILES string of the molecule is C=C(C)C(C)C(C(C)C(C)C)C(C)C(C)C(C)C. The summed E-state index contributed by atoms with van der Waals surface area (Å²) < 4.78 is 0. The van der Waals surface area contributed by atoms with Crippen LogP contribution in [0.4, 0.5) is 0 Å². The Bertz CT molecular complexity index is 249. The van der Waals surface area contributed by atoms with Gasteiger partial charge in [-0.1, -0.05) is 67.5 Å². The lowest BCUT2D eigenvalue weighted by Crippen LogP contribution is -2.34. The van der Waals surface area contributed by atoms with Gasteiger partial charge in [0.15, 0.2) is 0 Å². The van der Waals surface area contributed by atoms with Gasteiger partial charge >= 0.3 is 0 Å². The van der Waals surface area contributed by atoms with Crippen molar-refractivity contribution in [3.63, 3.8) is 0 Å². The Balaban J connectivity index is 5.14. The second-order valence-corrected chi connectivity index (χ2v) is 7.28. The van der Waals surface area contributed by atoms with Crippen molar-refractivity contribution in [1.82, 2.24) is 0 Å². The van der Waals surface area contributed by atoms with Gasteiger partial charge in [-0.15, -0.1) is 0 Å². The van der Waals surface area contributed by atoms with E-state index in [1.54, 1.807) is 0 Å². The highest BCUT2D eigenvalue weighted by Crippen LogP contribution is 2.40. The summed E-state index contributed by atoms with van der Waals surface area (Å²) in [6.45, 7) is 25.5. The lowest BCUT2D eigenvalue weighted by molar-refractivity contribution is 0.101. The molecule has 0 radical (unpaired) electrons. The average Bonchev–Trinajstić information content (AvgIpc) is 2.27. The second kappa shape index (κ2) is 7.36. The first-order chi connectivity index (χ1) is 8.11. The van der Waals surface area contributed by atoms with Gasteiger partial charge in [0, 0.05) is 0 Å². The van der Waals surface area contributed by atoms with Crippen LogP contribution >= 0.6 is 0 Å². The molecule has 0 amide bonds. The lowest BCUT2D eigenvalue weighted by atomic mass is 9.65. The van der Waals surface area contributed by atoms with Crippen LogP contribution in [0.15, 0.2) is 12.2 Å². The zero-order valence-corrected chi connectivity index (χ0v) is 14.2. The highest BCUT2D eigenvalue weighted by molar-refractivity contribution is 5.00. The molecule has 5 atom stereocenters. The molecule has 108 valence electrons. The van der Waals surface area contributed by atoms with Crippen molar-refractivity contribution in [2.45, 2.75) is 62.3 Å². The van der Waals surface area contributed by atoms with Gasteiger partial charge in [0.2, 0.25) is 0 Å². The Kier molecular flexibility index (Phi) is 7.25. The first-order valence-electron chi connectivity index (χ1n) is 7.76. The molecule has 0 nitrogen and oxygen atoms in total. The van der Waals surface area contributed by atoms with Crippen molar-refractivity contribution < 1.29 is 0 Å². The molecular formula is C18H36. The van der Waals surface area contributed by atoms with Crippen LogP contribution in [-0.4, -0.2) is 0 Å². The van der Waals surface area contributed by atoms with E-state index in [0.29, 0.717) is 5.92 Å². The van der Waals surface area contributed by atoms with E-state index in [4.69, 9.17) is 0 Å². The molecule has 0 aliphatic rings. The van der Waals surface area contributed by atoms with Crippen molar-refractivity contribution in [1.29, 1.82) is 0 Å². The van der Waals surface area contributed by atoms with Gasteiger partial charge in [0.1, 0.15) is 0 Å². The van der Waals surface area contributed by atoms with E-state index in [2.05, 4.69) is 68.9 Å². The summed E-state index contributed by atoms with van der Waals surface area (Å²) >= 11 is 0. The van der Waals surface area contributed by atoms with E-state index >= 15 is 0 Å². The third-order valence-electron chi connectivity index (χ3n) is 5.50. The quantitative estimate of drug-likeness (QED) is 0.485. The lowest BCUT2D eigenvalue weighted by Gasteiger charge is -2.40. The highest BCUT2D eigenvalue weighted by atomic mass is 14.4. The Hall–Kier alpha value is -0.260. The van der Waals surface area contributed by atoms with E-state index in [9.17, 15) is 0 Å². The summed E-state index contributed by atoms with van der Waals surface area (Å²) in [5.41, 5.74) is 1.34. The molecule has 18 heavy (non-hydrogen) atoms. The molecule has 0 spiro atoms. The number of allylic oxidation sites excluding steroid dienone is 1. The zero-order chi connectivity index (χ0) is 14.6. The fourth-order valence-electron chi connectivity index (χ4n) is 3.12. The fourth-order valence-corrected chi connectivity index (χ4v) is 3.12. The molecule has 0 heteroatoms. The predicted octanol–water partition coefficient (Wildman–Crippen LogP) is 6.04. The van der Waals surface area contributed by atoms with Crippen LogP contribution in [0, 0.1) is 41.4 Å². The largest absolute Gasteiger partial charge is 0.0999 e. The molecule has 0 aliphatic heterocycles. The van der Waals surface area contributed by atoms with Crippen LogP contribution in [0.25, 0.3) is 0 Å². The summed E-state index contributed by atoms with van der Waals surface area (Å²) in [7, 11) is 0. The standard InChI is InChI=1S/C18H36/c1-11(2)14(7)17(10)18(15(8)12(3)4)16(9)13(5)6/h11,13-18H,3H2,1-2,4-10H3. The van der Waals surface area contributed by atoms with Gasteiger partial charge in [0.05, 0.1) is 0 Å². The van der Waals surface area contributed by atoms with Crippen LogP contribution < -0.4 is 0 Å². The van der Waals surface area contributed by atoms with Gasteiger partial charge in [-0.25, -0.2) is 0 Å². The van der Waals surface area contributed by atoms with Crippen molar-refractivity contribution >= 4 is 0 Å². The van der Waals surface area contributed by atoms with E-state index in [1.165, 1.54) is 5.57 Å². The van der Waals surface area contributed by atoms with Crippen LogP contribution in [0.2, 0.25) is 0 Å². The minimum absolute atomic E-state index is 0.624. The summed E-state index contributed by atoms with van der Waals surface area (Å²) in [6, 6.07) is 0. The van der Waals surface area contributed by atoms with E-state index in [0.717, 1.165) is 35.5 Å². The minimum Gasteiger partial charge on any atom is -0.0999 e. The average molecular weight is 252 g/mol. The zero-order valence-electron chi connectivity index (χ0n) is 14.2. The molecule has 0 fully saturated rings. The van der Waals surface area contributed by atoms with E-state index in [1.807, 2.05) is 0 Å². The molecule has 0 rings (SSSR count). The van der Waals surface area contributed by atoms with Crippen LogP contribution in [0.1, 0.15) is 62.3 Å². The molecule has 5 unspecified atom stereocenters. The van der Waals surface area contributed by atoms with Gasteiger partial charge in [-0.05, 0) is 48.3 Å². The summed E-state index contributed by atoms with van der Waals surface area (Å²) in [5.74, 6) is 5.18. The normalized spacial score (nSPS) is 20.6. The molecule has 0 saturated heterocycles. The molecular weight excluding hydrogens is 216 g/mol. The van der Waals surface area contributed by atoms with Crippen molar-refractivity contribution in [2.75, 3.05) is 0 Å². The Morgan fingerprint density at radius 1 is 0.667 bits per heavy atom. The van der Waals surface area contributed by atoms with Crippen molar-refractivity contribution in [2.24, 2.45) is 41.4 Å². The van der Waals surface area contributed by atoms with E-state index in [-0.39, 0.29) is 0 Å². The fraction of sp³-hybridized carbons (Fsp3) is 0.889. The maximum absolute atomic E-state index is 4.20. The number of hydrogen-bond acceptors (Lipinski definition) is 0. The molecule has 0 aromatic carbocycles. The van der Waals surface area contributed by atoms with Gasteiger partial charge in [-0.3, -0.25) is 0 Å². The van der Waals surface area contributed by atoms with Crippen LogP contribution in [-0.2, 0) is 0 Å². The highest BCUT2D eigenvalue weighted by Gasteiger charge is 2.34. The maximum Gasteiger partial charge on any atom is -0.0203 e. The molecule has 0 aliphatic carbocycles. The molecule has 0 N–H and O–H groups in total. The van der Waals surface area contributed by atoms with Crippen molar-refractivity contribution in [3.05, 3.63) is 12.2 Å². The minimum atomic E-state index is 0.624. The second-order valence-electron chi connectivity index (χ2n) is 7.28. The van der Waals surface area contributed by atoms with Gasteiger partial charge < -0.3 is 0 Å².